The fraction of sp³-hybridized carbons (Fsp3) is 0.393. The highest BCUT2D eigenvalue weighted by atomic mass is 32.1. The lowest BCUT2D eigenvalue weighted by Gasteiger charge is -2.33. The van der Waals surface area contributed by atoms with E-state index >= 15 is 0 Å². The van der Waals surface area contributed by atoms with E-state index in [1.807, 2.05) is 81.6 Å². The highest BCUT2D eigenvalue weighted by Crippen LogP contribution is 2.24. The molecule has 204 valence electrons. The molecule has 5 N–H and O–H groups in total. The van der Waals surface area contributed by atoms with Gasteiger partial charge in [0.15, 0.2) is 0 Å². The molecular formula is C28H37N5O4S. The molecular weight excluding hydrogens is 502 g/mol. The lowest BCUT2D eigenvalue weighted by Crippen LogP contribution is -2.58. The van der Waals surface area contributed by atoms with Crippen molar-refractivity contribution >= 4 is 23.3 Å². The van der Waals surface area contributed by atoms with Crippen LogP contribution < -0.4 is 16.5 Å². The van der Waals surface area contributed by atoms with Crippen molar-refractivity contribution in [3.05, 3.63) is 77.4 Å². The van der Waals surface area contributed by atoms with Gasteiger partial charge in [0.05, 0.1) is 29.6 Å². The van der Waals surface area contributed by atoms with Crippen molar-refractivity contribution in [1.82, 2.24) is 20.6 Å². The van der Waals surface area contributed by atoms with E-state index in [0.717, 1.165) is 21.6 Å². The van der Waals surface area contributed by atoms with Gasteiger partial charge >= 0.3 is 6.09 Å². The van der Waals surface area contributed by atoms with E-state index in [4.69, 9.17) is 10.6 Å². The average Bonchev–Trinajstić information content (AvgIpc) is 3.42. The van der Waals surface area contributed by atoms with Crippen LogP contribution in [0.15, 0.2) is 66.3 Å². The molecule has 0 aliphatic heterocycles. The number of amides is 2. The first-order valence-electron chi connectivity index (χ1n) is 12.4. The molecule has 3 atom stereocenters. The number of hydrazine groups is 1. The maximum atomic E-state index is 13.3. The van der Waals surface area contributed by atoms with Crippen molar-refractivity contribution in [2.75, 3.05) is 13.7 Å². The first-order valence-corrected chi connectivity index (χ1v) is 13.3. The Morgan fingerprint density at radius 2 is 1.76 bits per heavy atom. The quantitative estimate of drug-likeness (QED) is 0.217. The molecule has 0 radical (unpaired) electrons. The second kappa shape index (κ2) is 13.5. The molecule has 9 nitrogen and oxygen atoms in total. The smallest absolute Gasteiger partial charge is 0.407 e. The van der Waals surface area contributed by atoms with Gasteiger partial charge in [-0.15, -0.1) is 11.3 Å². The number of rotatable bonds is 11. The van der Waals surface area contributed by atoms with Gasteiger partial charge in [-0.05, 0) is 28.5 Å². The number of nitrogens with one attached hydrogen (secondary N) is 2. The zero-order valence-corrected chi connectivity index (χ0v) is 23.1. The summed E-state index contributed by atoms with van der Waals surface area (Å²) in [6.07, 6.45) is 0.548. The van der Waals surface area contributed by atoms with Gasteiger partial charge in [-0.1, -0.05) is 75.4 Å². The Morgan fingerprint density at radius 3 is 2.34 bits per heavy atom. The number of aromatic nitrogens is 1. The molecule has 3 aromatic rings. The topological polar surface area (TPSA) is 130 Å². The van der Waals surface area contributed by atoms with Crippen molar-refractivity contribution < 1.29 is 19.4 Å². The minimum Gasteiger partial charge on any atom is -0.453 e. The molecule has 38 heavy (non-hydrogen) atoms. The van der Waals surface area contributed by atoms with Crippen molar-refractivity contribution in [2.45, 2.75) is 51.9 Å². The molecule has 2 amide bonds. The first-order chi connectivity index (χ1) is 18.1. The maximum Gasteiger partial charge on any atom is 0.407 e. The van der Waals surface area contributed by atoms with Crippen LogP contribution in [-0.4, -0.2) is 58.9 Å². The van der Waals surface area contributed by atoms with E-state index in [9.17, 15) is 14.7 Å². The van der Waals surface area contributed by atoms with Crippen LogP contribution in [0.5, 0.6) is 0 Å². The molecule has 0 saturated carbocycles. The third kappa shape index (κ3) is 8.63. The van der Waals surface area contributed by atoms with Crippen LogP contribution in [0.4, 0.5) is 4.79 Å². The molecule has 1 aromatic heterocycles. The summed E-state index contributed by atoms with van der Waals surface area (Å²) in [6.45, 7) is 6.08. The maximum absolute atomic E-state index is 13.3. The van der Waals surface area contributed by atoms with Crippen LogP contribution in [0.25, 0.3) is 10.4 Å². The molecule has 10 heteroatoms. The zero-order valence-electron chi connectivity index (χ0n) is 22.3. The van der Waals surface area contributed by atoms with Gasteiger partial charge in [0.2, 0.25) is 5.91 Å². The number of benzene rings is 2. The molecule has 2 aromatic carbocycles. The zero-order chi connectivity index (χ0) is 27.7. The standard InChI is InChI=1S/C28H37N5O4S/c1-28(2,3)25(32-27(36)37-4)26(35)31-22(14-19-8-6-5-7-9-19)23(34)17-33(29)16-20-10-12-21(13-11-20)24-15-30-18-38-24/h5-13,15,18,22-23,25,34H,14,16-17,29H2,1-4H3,(H,31,35)(H,32,36)/t22-,23-,25+/m0/s1. The first kappa shape index (κ1) is 29.2. The SMILES string of the molecule is COC(=O)N[C@H](C(=O)N[C@@H](Cc1ccccc1)[C@@H](O)CN(N)Cc1ccc(-c2cncs2)cc1)C(C)(C)C. The number of methoxy groups -OCH3 is 1. The highest BCUT2D eigenvalue weighted by molar-refractivity contribution is 7.13. The minimum absolute atomic E-state index is 0.124. The van der Waals surface area contributed by atoms with E-state index in [-0.39, 0.29) is 6.54 Å². The van der Waals surface area contributed by atoms with E-state index < -0.39 is 35.6 Å². The van der Waals surface area contributed by atoms with Gasteiger partial charge in [0.1, 0.15) is 6.04 Å². The number of carbonyl (C=O) groups is 2. The fourth-order valence-corrected chi connectivity index (χ4v) is 4.70. The largest absolute Gasteiger partial charge is 0.453 e. The van der Waals surface area contributed by atoms with Crippen molar-refractivity contribution in [3.8, 4) is 10.4 Å². The van der Waals surface area contributed by atoms with Crippen LogP contribution in [0.2, 0.25) is 0 Å². The summed E-state index contributed by atoms with van der Waals surface area (Å²) < 4.78 is 4.71. The number of nitrogens with zero attached hydrogens (tertiary/aromatic N) is 2. The van der Waals surface area contributed by atoms with Gasteiger partial charge < -0.3 is 20.5 Å². The van der Waals surface area contributed by atoms with Crippen molar-refractivity contribution in [2.24, 2.45) is 11.3 Å². The van der Waals surface area contributed by atoms with Crippen molar-refractivity contribution in [3.63, 3.8) is 0 Å². The number of hydrogen-bond donors (Lipinski definition) is 4. The molecule has 0 fully saturated rings. The van der Waals surface area contributed by atoms with Gasteiger partial charge in [0.25, 0.3) is 0 Å². The third-order valence-electron chi connectivity index (χ3n) is 6.14. The Kier molecular flexibility index (Phi) is 10.4. The number of nitrogens with two attached hydrogens (primary N) is 1. The van der Waals surface area contributed by atoms with Gasteiger partial charge in [-0.2, -0.15) is 0 Å². The molecule has 0 saturated heterocycles. The highest BCUT2D eigenvalue weighted by Gasteiger charge is 2.35. The number of ether oxygens (including phenoxy) is 1. The van der Waals surface area contributed by atoms with Crippen LogP contribution in [0.3, 0.4) is 0 Å². The normalized spacial score (nSPS) is 14.0. The van der Waals surface area contributed by atoms with Gasteiger partial charge in [-0.3, -0.25) is 15.6 Å². The second-order valence-electron chi connectivity index (χ2n) is 10.3. The Balaban J connectivity index is 1.70. The number of thiazole rings is 1. The fourth-order valence-electron chi connectivity index (χ4n) is 4.07. The van der Waals surface area contributed by atoms with E-state index in [0.29, 0.717) is 13.0 Å². The molecule has 0 aliphatic carbocycles. The number of alkyl carbamates (subject to hydrolysis) is 1. The lowest BCUT2D eigenvalue weighted by atomic mass is 9.85. The summed E-state index contributed by atoms with van der Waals surface area (Å²) in [5, 5.41) is 18.3. The summed E-state index contributed by atoms with van der Waals surface area (Å²) in [5.41, 5.74) is 4.23. The Labute approximate surface area is 228 Å². The average molecular weight is 540 g/mol. The Hall–Kier alpha value is -3.31. The Bertz CT molecular complexity index is 1150. The number of aliphatic hydroxyl groups is 1. The van der Waals surface area contributed by atoms with E-state index in [2.05, 4.69) is 15.6 Å². The predicted octanol–water partition coefficient (Wildman–Crippen LogP) is 3.34. The van der Waals surface area contributed by atoms with Crippen LogP contribution in [-0.2, 0) is 22.5 Å². The summed E-state index contributed by atoms with van der Waals surface area (Å²) in [5.74, 6) is 5.88. The van der Waals surface area contributed by atoms with Gasteiger partial charge in [-0.25, -0.2) is 9.80 Å². The second-order valence-corrected chi connectivity index (χ2v) is 11.2. The van der Waals surface area contributed by atoms with Gasteiger partial charge in [0, 0.05) is 19.3 Å². The summed E-state index contributed by atoms with van der Waals surface area (Å²) in [4.78, 5) is 30.4. The molecule has 0 spiro atoms. The van der Waals surface area contributed by atoms with Crippen LogP contribution in [0.1, 0.15) is 31.9 Å². The number of aliphatic hydroxyl groups excluding tert-OH is 1. The van der Waals surface area contributed by atoms with Crippen LogP contribution in [0, 0.1) is 5.41 Å². The van der Waals surface area contributed by atoms with E-state index in [1.54, 1.807) is 16.8 Å². The molecule has 0 unspecified atom stereocenters. The summed E-state index contributed by atoms with van der Waals surface area (Å²) in [6, 6.07) is 16.1. The third-order valence-corrected chi connectivity index (χ3v) is 6.97. The molecule has 0 bridgehead atoms. The monoisotopic (exact) mass is 539 g/mol. The number of carbonyl (C=O) groups excluding carboxylic acids is 2. The molecule has 1 heterocycles. The molecule has 3 rings (SSSR count). The van der Waals surface area contributed by atoms with Crippen LogP contribution >= 0.6 is 11.3 Å². The predicted molar refractivity (Wildman–Crippen MR) is 149 cm³/mol. The Morgan fingerprint density at radius 1 is 1.08 bits per heavy atom. The summed E-state index contributed by atoms with van der Waals surface area (Å²) in [7, 11) is 1.25. The summed E-state index contributed by atoms with van der Waals surface area (Å²) >= 11 is 1.58. The molecule has 0 aliphatic rings. The number of hydrogen-bond acceptors (Lipinski definition) is 8. The van der Waals surface area contributed by atoms with Crippen molar-refractivity contribution in [1.29, 1.82) is 0 Å². The lowest BCUT2D eigenvalue weighted by molar-refractivity contribution is -0.127. The van der Waals surface area contributed by atoms with E-state index in [1.165, 1.54) is 12.1 Å². The minimum atomic E-state index is -0.973.